The molecule has 0 amide bonds. The summed E-state index contributed by atoms with van der Waals surface area (Å²) in [6, 6.07) is 13.7. The van der Waals surface area contributed by atoms with Gasteiger partial charge in [0.05, 0.1) is 32.5 Å². The summed E-state index contributed by atoms with van der Waals surface area (Å²) in [5.41, 5.74) is 0.978. The average molecular weight is 339 g/mol. The van der Waals surface area contributed by atoms with Gasteiger partial charge in [-0.1, -0.05) is 30.3 Å². The van der Waals surface area contributed by atoms with Gasteiger partial charge in [0.1, 0.15) is 0 Å². The molecule has 1 heterocycles. The van der Waals surface area contributed by atoms with Gasteiger partial charge in [0.25, 0.3) is 5.56 Å². The third-order valence-corrected chi connectivity index (χ3v) is 4.03. The Morgan fingerprint density at radius 2 is 1.84 bits per heavy atom. The fourth-order valence-corrected chi connectivity index (χ4v) is 2.86. The Bertz CT molecular complexity index is 922. The lowest BCUT2D eigenvalue weighted by atomic mass is 10.1. The summed E-state index contributed by atoms with van der Waals surface area (Å²) in [6.45, 7) is 1.10. The molecule has 0 bridgehead atoms. The minimum atomic E-state index is -0.201. The SMILES string of the molecule is COc1ccc2cnn(CN(C)Cc3ccccc3)c(=O)c2c1OC. The van der Waals surface area contributed by atoms with E-state index in [0.717, 1.165) is 11.9 Å². The molecule has 0 saturated heterocycles. The van der Waals surface area contributed by atoms with E-state index in [9.17, 15) is 4.79 Å². The van der Waals surface area contributed by atoms with Crippen LogP contribution in [0.1, 0.15) is 5.56 Å². The van der Waals surface area contributed by atoms with E-state index in [2.05, 4.69) is 17.2 Å². The third-order valence-electron chi connectivity index (χ3n) is 4.03. The van der Waals surface area contributed by atoms with Gasteiger partial charge < -0.3 is 9.47 Å². The summed E-state index contributed by atoms with van der Waals surface area (Å²) >= 11 is 0. The number of hydrogen-bond acceptors (Lipinski definition) is 5. The Labute approximate surface area is 146 Å². The van der Waals surface area contributed by atoms with Crippen molar-refractivity contribution >= 4 is 10.8 Å². The first-order valence-corrected chi connectivity index (χ1v) is 7.97. The molecule has 3 aromatic rings. The molecular weight excluding hydrogens is 318 g/mol. The zero-order chi connectivity index (χ0) is 17.8. The Morgan fingerprint density at radius 3 is 2.52 bits per heavy atom. The van der Waals surface area contributed by atoms with Crippen molar-refractivity contribution in [3.05, 3.63) is 64.6 Å². The van der Waals surface area contributed by atoms with Crippen LogP contribution in [0.4, 0.5) is 0 Å². The van der Waals surface area contributed by atoms with Gasteiger partial charge in [0, 0.05) is 11.9 Å². The molecule has 6 heteroatoms. The number of benzene rings is 2. The summed E-state index contributed by atoms with van der Waals surface area (Å²) < 4.78 is 12.1. The molecule has 6 nitrogen and oxygen atoms in total. The van der Waals surface area contributed by atoms with Crippen LogP contribution in [0, 0.1) is 0 Å². The van der Waals surface area contributed by atoms with E-state index >= 15 is 0 Å². The third kappa shape index (κ3) is 3.49. The number of hydrogen-bond donors (Lipinski definition) is 0. The van der Waals surface area contributed by atoms with E-state index in [1.54, 1.807) is 19.4 Å². The van der Waals surface area contributed by atoms with E-state index in [-0.39, 0.29) is 5.56 Å². The monoisotopic (exact) mass is 339 g/mol. The minimum Gasteiger partial charge on any atom is -0.493 e. The Hall–Kier alpha value is -2.86. The largest absolute Gasteiger partial charge is 0.493 e. The molecule has 130 valence electrons. The van der Waals surface area contributed by atoms with Gasteiger partial charge in [-0.05, 0) is 24.7 Å². The average Bonchev–Trinajstić information content (AvgIpc) is 2.63. The fourth-order valence-electron chi connectivity index (χ4n) is 2.86. The highest BCUT2D eigenvalue weighted by Gasteiger charge is 2.15. The molecule has 0 aliphatic rings. The van der Waals surface area contributed by atoms with Gasteiger partial charge >= 0.3 is 0 Å². The topological polar surface area (TPSA) is 56.6 Å². The molecule has 2 aromatic carbocycles. The minimum absolute atomic E-state index is 0.201. The lowest BCUT2D eigenvalue weighted by Crippen LogP contribution is -2.31. The van der Waals surface area contributed by atoms with Gasteiger partial charge in [-0.3, -0.25) is 9.69 Å². The van der Waals surface area contributed by atoms with Crippen molar-refractivity contribution in [3.63, 3.8) is 0 Å². The molecule has 0 aliphatic heterocycles. The van der Waals surface area contributed by atoms with Gasteiger partial charge in [-0.15, -0.1) is 0 Å². The second kappa shape index (κ2) is 7.36. The van der Waals surface area contributed by atoms with Gasteiger partial charge in [-0.25, -0.2) is 4.68 Å². The molecule has 0 N–H and O–H groups in total. The van der Waals surface area contributed by atoms with Crippen molar-refractivity contribution in [3.8, 4) is 11.5 Å². The summed E-state index contributed by atoms with van der Waals surface area (Å²) in [7, 11) is 5.04. The van der Waals surface area contributed by atoms with Gasteiger partial charge in [-0.2, -0.15) is 5.10 Å². The molecule has 25 heavy (non-hydrogen) atoms. The van der Waals surface area contributed by atoms with Crippen LogP contribution in [0.25, 0.3) is 10.8 Å². The Morgan fingerprint density at radius 1 is 1.08 bits per heavy atom. The lowest BCUT2D eigenvalue weighted by molar-refractivity contribution is 0.241. The van der Waals surface area contributed by atoms with Crippen LogP contribution in [0.15, 0.2) is 53.5 Å². The summed E-state index contributed by atoms with van der Waals surface area (Å²) in [5.74, 6) is 0.967. The van der Waals surface area contributed by atoms with Crippen molar-refractivity contribution in [2.24, 2.45) is 0 Å². The van der Waals surface area contributed by atoms with Crippen LogP contribution in [0.5, 0.6) is 11.5 Å². The summed E-state index contributed by atoms with van der Waals surface area (Å²) in [4.78, 5) is 14.9. The van der Waals surface area contributed by atoms with E-state index in [0.29, 0.717) is 23.6 Å². The second-order valence-electron chi connectivity index (χ2n) is 5.86. The molecule has 0 unspecified atom stereocenters. The summed E-state index contributed by atoms with van der Waals surface area (Å²) in [5, 5.41) is 5.49. The maximum Gasteiger partial charge on any atom is 0.279 e. The smallest absolute Gasteiger partial charge is 0.279 e. The number of fused-ring (bicyclic) bond motifs is 1. The van der Waals surface area contributed by atoms with Crippen LogP contribution >= 0.6 is 0 Å². The van der Waals surface area contributed by atoms with Crippen molar-refractivity contribution in [2.45, 2.75) is 13.2 Å². The fraction of sp³-hybridized carbons (Fsp3) is 0.263. The number of aromatic nitrogens is 2. The highest BCUT2D eigenvalue weighted by atomic mass is 16.5. The second-order valence-corrected chi connectivity index (χ2v) is 5.86. The van der Waals surface area contributed by atoms with Crippen LogP contribution in [-0.2, 0) is 13.2 Å². The van der Waals surface area contributed by atoms with Crippen LogP contribution < -0.4 is 15.0 Å². The van der Waals surface area contributed by atoms with Crippen molar-refractivity contribution in [1.82, 2.24) is 14.7 Å². The quantitative estimate of drug-likeness (QED) is 0.691. The molecule has 0 fully saturated rings. The molecule has 0 radical (unpaired) electrons. The standard InChI is InChI=1S/C19H21N3O3/c1-21(12-14-7-5-4-6-8-14)13-22-19(23)17-15(11-20-22)9-10-16(24-2)18(17)25-3/h4-11H,12-13H2,1-3H3. The maximum absolute atomic E-state index is 12.9. The van der Waals surface area contributed by atoms with Crippen molar-refractivity contribution < 1.29 is 9.47 Å². The molecule has 1 aromatic heterocycles. The number of ether oxygens (including phenoxy) is 2. The first kappa shape index (κ1) is 17.0. The number of methoxy groups -OCH3 is 2. The van der Waals surface area contributed by atoms with Crippen molar-refractivity contribution in [2.75, 3.05) is 21.3 Å². The highest BCUT2D eigenvalue weighted by molar-refractivity contribution is 5.89. The van der Waals surface area contributed by atoms with E-state index < -0.39 is 0 Å². The zero-order valence-electron chi connectivity index (χ0n) is 14.6. The first-order chi connectivity index (χ1) is 12.1. The Kier molecular flexibility index (Phi) is 5.00. The van der Waals surface area contributed by atoms with Crippen LogP contribution in [-0.4, -0.2) is 35.9 Å². The van der Waals surface area contributed by atoms with Crippen LogP contribution in [0.3, 0.4) is 0 Å². The lowest BCUT2D eigenvalue weighted by Gasteiger charge is -2.18. The van der Waals surface area contributed by atoms with E-state index in [1.165, 1.54) is 17.4 Å². The maximum atomic E-state index is 12.9. The van der Waals surface area contributed by atoms with Gasteiger partial charge in [0.2, 0.25) is 0 Å². The molecule has 0 atom stereocenters. The summed E-state index contributed by atoms with van der Waals surface area (Å²) in [6.07, 6.45) is 1.68. The predicted molar refractivity (Wildman–Crippen MR) is 97.0 cm³/mol. The number of nitrogens with zero attached hydrogens (tertiary/aromatic N) is 3. The van der Waals surface area contributed by atoms with E-state index in [4.69, 9.17) is 9.47 Å². The van der Waals surface area contributed by atoms with Gasteiger partial charge in [0.15, 0.2) is 11.5 Å². The predicted octanol–water partition coefficient (Wildman–Crippen LogP) is 2.50. The molecule has 0 spiro atoms. The molecule has 0 saturated carbocycles. The molecule has 3 rings (SSSR count). The van der Waals surface area contributed by atoms with Crippen molar-refractivity contribution in [1.29, 1.82) is 0 Å². The molecular formula is C19H21N3O3. The Balaban J connectivity index is 1.94. The normalized spacial score (nSPS) is 11.0. The molecule has 0 aliphatic carbocycles. The zero-order valence-corrected chi connectivity index (χ0v) is 14.6. The highest BCUT2D eigenvalue weighted by Crippen LogP contribution is 2.32. The first-order valence-electron chi connectivity index (χ1n) is 7.97. The van der Waals surface area contributed by atoms with E-state index in [1.807, 2.05) is 36.2 Å². The number of rotatable bonds is 6. The van der Waals surface area contributed by atoms with Crippen LogP contribution in [0.2, 0.25) is 0 Å².